The Morgan fingerprint density at radius 1 is 1.42 bits per heavy atom. The lowest BCUT2D eigenvalue weighted by Gasteiger charge is -2.10. The number of hydrogen-bond acceptors (Lipinski definition) is 3. The molecule has 0 aliphatic heterocycles. The second-order valence-electron chi connectivity index (χ2n) is 3.77. The minimum atomic E-state index is -1.03. The topological polar surface area (TPSA) is 66.4 Å². The number of carbonyl (C=O) groups is 2. The molecule has 4 nitrogen and oxygen atoms in total. The van der Waals surface area contributed by atoms with Crippen LogP contribution in [0.3, 0.4) is 0 Å². The number of amides is 1. The molecule has 0 saturated heterocycles. The van der Waals surface area contributed by atoms with Crippen molar-refractivity contribution < 1.29 is 14.7 Å². The molecule has 1 aromatic carbocycles. The van der Waals surface area contributed by atoms with Crippen molar-refractivity contribution in [3.8, 4) is 0 Å². The molecular weight excluding hydrogens is 309 g/mol. The molecular formula is C12H13Cl2NO3S. The maximum absolute atomic E-state index is 10.8. The van der Waals surface area contributed by atoms with Gasteiger partial charge in [-0.05, 0) is 29.9 Å². The van der Waals surface area contributed by atoms with Gasteiger partial charge in [-0.1, -0.05) is 29.3 Å². The van der Waals surface area contributed by atoms with E-state index in [1.54, 1.807) is 23.9 Å². The van der Waals surface area contributed by atoms with Gasteiger partial charge in [-0.2, -0.15) is 11.8 Å². The standard InChI is InChI=1S/C12H13Cl2NO3S/c13-9-2-1-8(5-10(9)14)6-19-4-3-11(12(17)18)15-7-16/h1-2,5,7,11H,3-4,6H2,(H,15,16)(H,17,18). The van der Waals surface area contributed by atoms with E-state index < -0.39 is 12.0 Å². The maximum Gasteiger partial charge on any atom is 0.326 e. The van der Waals surface area contributed by atoms with E-state index in [0.29, 0.717) is 34.4 Å². The third kappa shape index (κ3) is 5.72. The molecule has 0 fully saturated rings. The Kier molecular flexibility index (Phi) is 7.05. The smallest absolute Gasteiger partial charge is 0.326 e. The van der Waals surface area contributed by atoms with Crippen LogP contribution in [0.5, 0.6) is 0 Å². The predicted octanol–water partition coefficient (Wildman–Crippen LogP) is 2.82. The molecule has 104 valence electrons. The number of aliphatic carboxylic acids is 1. The van der Waals surface area contributed by atoms with Crippen LogP contribution in [0.1, 0.15) is 12.0 Å². The quantitative estimate of drug-likeness (QED) is 0.570. The molecule has 0 aliphatic rings. The van der Waals surface area contributed by atoms with E-state index in [0.717, 1.165) is 5.56 Å². The van der Waals surface area contributed by atoms with Crippen molar-refractivity contribution >= 4 is 47.3 Å². The van der Waals surface area contributed by atoms with Gasteiger partial charge in [0, 0.05) is 5.75 Å². The normalized spacial score (nSPS) is 11.9. The summed E-state index contributed by atoms with van der Waals surface area (Å²) < 4.78 is 0. The predicted molar refractivity (Wildman–Crippen MR) is 77.9 cm³/mol. The fourth-order valence-electron chi connectivity index (χ4n) is 1.38. The van der Waals surface area contributed by atoms with E-state index >= 15 is 0 Å². The largest absolute Gasteiger partial charge is 0.480 e. The fourth-order valence-corrected chi connectivity index (χ4v) is 2.66. The first-order valence-corrected chi connectivity index (χ1v) is 7.40. The van der Waals surface area contributed by atoms with Crippen LogP contribution in [0.4, 0.5) is 0 Å². The van der Waals surface area contributed by atoms with Gasteiger partial charge >= 0.3 is 5.97 Å². The highest BCUT2D eigenvalue weighted by molar-refractivity contribution is 7.98. The zero-order valence-electron chi connectivity index (χ0n) is 9.94. The lowest BCUT2D eigenvalue weighted by molar-refractivity contribution is -0.140. The van der Waals surface area contributed by atoms with E-state index in [4.69, 9.17) is 28.3 Å². The summed E-state index contributed by atoms with van der Waals surface area (Å²) in [6.07, 6.45) is 0.780. The second-order valence-corrected chi connectivity index (χ2v) is 5.68. The average molecular weight is 322 g/mol. The van der Waals surface area contributed by atoms with Gasteiger partial charge in [-0.3, -0.25) is 4.79 Å². The third-order valence-corrected chi connectivity index (χ3v) is 4.17. The van der Waals surface area contributed by atoms with Crippen molar-refractivity contribution in [1.29, 1.82) is 0 Å². The number of halogens is 2. The molecule has 1 atom stereocenters. The summed E-state index contributed by atoms with van der Waals surface area (Å²) in [5.41, 5.74) is 1.02. The Morgan fingerprint density at radius 3 is 2.74 bits per heavy atom. The van der Waals surface area contributed by atoms with Crippen molar-refractivity contribution in [2.24, 2.45) is 0 Å². The molecule has 0 heterocycles. The molecule has 0 spiro atoms. The first-order valence-electron chi connectivity index (χ1n) is 5.48. The van der Waals surface area contributed by atoms with Gasteiger partial charge in [0.15, 0.2) is 0 Å². The molecule has 0 aliphatic carbocycles. The first kappa shape index (κ1) is 16.1. The number of rotatable bonds is 8. The van der Waals surface area contributed by atoms with Crippen LogP contribution in [0.2, 0.25) is 10.0 Å². The van der Waals surface area contributed by atoms with Crippen molar-refractivity contribution in [3.05, 3.63) is 33.8 Å². The summed E-state index contributed by atoms with van der Waals surface area (Å²) in [5.74, 6) is 0.310. The zero-order chi connectivity index (χ0) is 14.3. The molecule has 19 heavy (non-hydrogen) atoms. The summed E-state index contributed by atoms with van der Waals surface area (Å²) in [7, 11) is 0. The van der Waals surface area contributed by atoms with Gasteiger partial charge in [-0.15, -0.1) is 0 Å². The van der Waals surface area contributed by atoms with Crippen LogP contribution in [0, 0.1) is 0 Å². The van der Waals surface area contributed by atoms with Crippen LogP contribution < -0.4 is 5.32 Å². The highest BCUT2D eigenvalue weighted by atomic mass is 35.5. The first-order chi connectivity index (χ1) is 9.04. The van der Waals surface area contributed by atoms with E-state index in [2.05, 4.69) is 5.32 Å². The van der Waals surface area contributed by atoms with Crippen molar-refractivity contribution in [2.45, 2.75) is 18.2 Å². The molecule has 1 amide bonds. The second kappa shape index (κ2) is 8.30. The monoisotopic (exact) mass is 321 g/mol. The molecule has 0 aromatic heterocycles. The summed E-state index contributed by atoms with van der Waals surface area (Å²) in [6.45, 7) is 0. The Balaban J connectivity index is 2.35. The van der Waals surface area contributed by atoms with Crippen LogP contribution in [-0.4, -0.2) is 29.3 Å². The lowest BCUT2D eigenvalue weighted by atomic mass is 10.2. The van der Waals surface area contributed by atoms with Gasteiger partial charge in [0.1, 0.15) is 6.04 Å². The Morgan fingerprint density at radius 2 is 2.16 bits per heavy atom. The SMILES string of the molecule is O=CNC(CCSCc1ccc(Cl)c(Cl)c1)C(=O)O. The number of carbonyl (C=O) groups excluding carboxylic acids is 1. The Hall–Kier alpha value is -0.910. The number of benzene rings is 1. The third-order valence-electron chi connectivity index (χ3n) is 2.37. The highest BCUT2D eigenvalue weighted by Crippen LogP contribution is 2.24. The summed E-state index contributed by atoms with van der Waals surface area (Å²) in [6, 6.07) is 4.56. The average Bonchev–Trinajstić information content (AvgIpc) is 2.37. The molecule has 1 unspecified atom stereocenters. The van der Waals surface area contributed by atoms with Gasteiger partial charge in [0.2, 0.25) is 6.41 Å². The van der Waals surface area contributed by atoms with Crippen LogP contribution in [-0.2, 0) is 15.3 Å². The summed E-state index contributed by atoms with van der Waals surface area (Å²) in [4.78, 5) is 21.0. The number of thioether (sulfide) groups is 1. The highest BCUT2D eigenvalue weighted by Gasteiger charge is 2.15. The van der Waals surface area contributed by atoms with E-state index in [1.807, 2.05) is 6.07 Å². The molecule has 0 bridgehead atoms. The van der Waals surface area contributed by atoms with E-state index in [9.17, 15) is 9.59 Å². The number of nitrogens with one attached hydrogen (secondary N) is 1. The van der Waals surface area contributed by atoms with Gasteiger partial charge in [-0.25, -0.2) is 4.79 Å². The summed E-state index contributed by atoms with van der Waals surface area (Å²) in [5, 5.41) is 12.1. The van der Waals surface area contributed by atoms with E-state index in [-0.39, 0.29) is 0 Å². The molecule has 7 heteroatoms. The molecule has 0 radical (unpaired) electrons. The minimum absolute atomic E-state index is 0.375. The molecule has 0 saturated carbocycles. The lowest BCUT2D eigenvalue weighted by Crippen LogP contribution is -2.36. The Bertz CT molecular complexity index is 457. The number of carboxylic acids is 1. The molecule has 1 rings (SSSR count). The zero-order valence-corrected chi connectivity index (χ0v) is 12.3. The van der Waals surface area contributed by atoms with Gasteiger partial charge < -0.3 is 10.4 Å². The van der Waals surface area contributed by atoms with Crippen molar-refractivity contribution in [1.82, 2.24) is 5.32 Å². The van der Waals surface area contributed by atoms with Crippen LogP contribution in [0.15, 0.2) is 18.2 Å². The van der Waals surface area contributed by atoms with Gasteiger partial charge in [0.25, 0.3) is 0 Å². The summed E-state index contributed by atoms with van der Waals surface area (Å²) >= 11 is 13.3. The maximum atomic E-state index is 10.8. The van der Waals surface area contributed by atoms with Gasteiger partial charge in [0.05, 0.1) is 10.0 Å². The minimum Gasteiger partial charge on any atom is -0.480 e. The number of carboxylic acid groups (broad SMARTS) is 1. The van der Waals surface area contributed by atoms with E-state index in [1.165, 1.54) is 0 Å². The molecule has 1 aromatic rings. The number of hydrogen-bond donors (Lipinski definition) is 2. The fraction of sp³-hybridized carbons (Fsp3) is 0.333. The molecule has 2 N–H and O–H groups in total. The Labute approximate surface area is 125 Å². The van der Waals surface area contributed by atoms with Crippen LogP contribution in [0.25, 0.3) is 0 Å². The van der Waals surface area contributed by atoms with Crippen LogP contribution >= 0.6 is 35.0 Å². The van der Waals surface area contributed by atoms with Crippen molar-refractivity contribution in [3.63, 3.8) is 0 Å². The van der Waals surface area contributed by atoms with Crippen molar-refractivity contribution in [2.75, 3.05) is 5.75 Å².